The molecule has 1 fully saturated rings. The van der Waals surface area contributed by atoms with Crippen LogP contribution in [0.5, 0.6) is 0 Å². The predicted molar refractivity (Wildman–Crippen MR) is 77.1 cm³/mol. The van der Waals surface area contributed by atoms with Crippen molar-refractivity contribution >= 4 is 5.91 Å². The van der Waals surface area contributed by atoms with Crippen LogP contribution in [0.3, 0.4) is 0 Å². The molecular formula is C15H18N4O2. The van der Waals surface area contributed by atoms with E-state index in [1.54, 1.807) is 0 Å². The van der Waals surface area contributed by atoms with Gasteiger partial charge in [0.15, 0.2) is 5.69 Å². The van der Waals surface area contributed by atoms with Crippen LogP contribution in [0.2, 0.25) is 0 Å². The molecule has 0 unspecified atom stereocenters. The highest BCUT2D eigenvalue weighted by atomic mass is 16.3. The number of para-hydroxylation sites is 1. The van der Waals surface area contributed by atoms with Crippen LogP contribution in [0.4, 0.5) is 0 Å². The Morgan fingerprint density at radius 3 is 2.76 bits per heavy atom. The van der Waals surface area contributed by atoms with Crippen LogP contribution in [0.1, 0.15) is 36.2 Å². The highest BCUT2D eigenvalue weighted by Crippen LogP contribution is 2.18. The topological polar surface area (TPSA) is 80.0 Å². The molecule has 3 rings (SSSR count). The van der Waals surface area contributed by atoms with Gasteiger partial charge >= 0.3 is 0 Å². The van der Waals surface area contributed by atoms with E-state index < -0.39 is 6.10 Å². The van der Waals surface area contributed by atoms with Crippen molar-refractivity contribution in [2.45, 2.75) is 37.8 Å². The number of benzene rings is 1. The molecule has 6 heteroatoms. The van der Waals surface area contributed by atoms with Gasteiger partial charge in [-0.05, 0) is 25.0 Å². The van der Waals surface area contributed by atoms with E-state index in [0.29, 0.717) is 0 Å². The second kappa shape index (κ2) is 6.05. The average molecular weight is 286 g/mol. The first kappa shape index (κ1) is 13.8. The lowest BCUT2D eigenvalue weighted by atomic mass is 9.92. The van der Waals surface area contributed by atoms with Gasteiger partial charge in [-0.3, -0.25) is 4.79 Å². The molecule has 2 aromatic rings. The minimum absolute atomic E-state index is 0.187. The second-order valence-corrected chi connectivity index (χ2v) is 5.29. The fourth-order valence-corrected chi connectivity index (χ4v) is 2.57. The maximum atomic E-state index is 12.2. The van der Waals surface area contributed by atoms with Gasteiger partial charge in [0.25, 0.3) is 5.91 Å². The zero-order valence-electron chi connectivity index (χ0n) is 11.6. The fraction of sp³-hybridized carbons (Fsp3) is 0.400. The number of hydrogen-bond acceptors (Lipinski definition) is 4. The molecule has 1 aliphatic rings. The van der Waals surface area contributed by atoms with Crippen LogP contribution < -0.4 is 5.32 Å². The third-order valence-corrected chi connectivity index (χ3v) is 3.76. The van der Waals surface area contributed by atoms with Crippen molar-refractivity contribution < 1.29 is 9.90 Å². The normalized spacial score (nSPS) is 22.0. The second-order valence-electron chi connectivity index (χ2n) is 5.29. The summed E-state index contributed by atoms with van der Waals surface area (Å²) in [6, 6.07) is 9.23. The number of aliphatic hydroxyl groups excluding tert-OH is 1. The average Bonchev–Trinajstić information content (AvgIpc) is 3.00. The molecule has 0 saturated heterocycles. The zero-order chi connectivity index (χ0) is 14.7. The number of hydrogen-bond donors (Lipinski definition) is 2. The van der Waals surface area contributed by atoms with Crippen molar-refractivity contribution in [3.63, 3.8) is 0 Å². The van der Waals surface area contributed by atoms with Gasteiger partial charge in [0.1, 0.15) is 0 Å². The molecule has 2 atom stereocenters. The molecule has 0 aliphatic heterocycles. The zero-order valence-corrected chi connectivity index (χ0v) is 11.6. The molecular weight excluding hydrogens is 268 g/mol. The van der Waals surface area contributed by atoms with Gasteiger partial charge in [-0.15, -0.1) is 5.10 Å². The number of aliphatic hydroxyl groups is 1. The summed E-state index contributed by atoms with van der Waals surface area (Å²) in [5, 5.41) is 21.0. The van der Waals surface area contributed by atoms with Crippen LogP contribution >= 0.6 is 0 Å². The van der Waals surface area contributed by atoms with Gasteiger partial charge < -0.3 is 10.4 Å². The fourth-order valence-electron chi connectivity index (χ4n) is 2.57. The third kappa shape index (κ3) is 3.11. The number of rotatable bonds is 3. The summed E-state index contributed by atoms with van der Waals surface area (Å²) in [5.74, 6) is -0.289. The minimum Gasteiger partial charge on any atom is -0.391 e. The third-order valence-electron chi connectivity index (χ3n) is 3.76. The molecule has 6 nitrogen and oxygen atoms in total. The molecule has 1 saturated carbocycles. The van der Waals surface area contributed by atoms with Gasteiger partial charge in [-0.25, -0.2) is 0 Å². The molecule has 1 aliphatic carbocycles. The maximum Gasteiger partial charge on any atom is 0.273 e. The van der Waals surface area contributed by atoms with Crippen molar-refractivity contribution in [1.82, 2.24) is 20.3 Å². The summed E-state index contributed by atoms with van der Waals surface area (Å²) in [5.41, 5.74) is 1.06. The Kier molecular flexibility index (Phi) is 3.96. The SMILES string of the molecule is O=C(N[C@H]1CCCC[C@@H]1O)c1cnn(-c2ccccc2)n1. The molecule has 2 N–H and O–H groups in total. The summed E-state index contributed by atoms with van der Waals surface area (Å²) in [6.45, 7) is 0. The standard InChI is InChI=1S/C15H18N4O2/c20-14-9-5-4-8-12(14)17-15(21)13-10-16-19(18-13)11-6-2-1-3-7-11/h1-3,6-7,10,12,14,20H,4-5,8-9H2,(H,17,21)/t12-,14-/m0/s1. The van der Waals surface area contributed by atoms with E-state index in [1.165, 1.54) is 11.0 Å². The molecule has 110 valence electrons. The monoisotopic (exact) mass is 286 g/mol. The van der Waals surface area contributed by atoms with Gasteiger partial charge in [-0.2, -0.15) is 9.90 Å². The number of amides is 1. The number of carbonyl (C=O) groups excluding carboxylic acids is 1. The van der Waals surface area contributed by atoms with Crippen LogP contribution in [0.25, 0.3) is 5.69 Å². The quantitative estimate of drug-likeness (QED) is 0.891. The van der Waals surface area contributed by atoms with E-state index in [9.17, 15) is 9.90 Å². The highest BCUT2D eigenvalue weighted by molar-refractivity contribution is 5.92. The summed E-state index contributed by atoms with van der Waals surface area (Å²) < 4.78 is 0. The molecule has 0 radical (unpaired) electrons. The van der Waals surface area contributed by atoms with Gasteiger partial charge in [0.2, 0.25) is 0 Å². The molecule has 1 aromatic carbocycles. The Bertz CT molecular complexity index is 611. The number of nitrogens with one attached hydrogen (secondary N) is 1. The first-order valence-corrected chi connectivity index (χ1v) is 7.21. The first-order valence-electron chi connectivity index (χ1n) is 7.21. The van der Waals surface area contributed by atoms with Crippen LogP contribution in [-0.2, 0) is 0 Å². The molecule has 0 bridgehead atoms. The summed E-state index contributed by atoms with van der Waals surface area (Å²) in [7, 11) is 0. The van der Waals surface area contributed by atoms with Gasteiger partial charge in [0.05, 0.1) is 24.0 Å². The van der Waals surface area contributed by atoms with Gasteiger partial charge in [-0.1, -0.05) is 31.0 Å². The predicted octanol–water partition coefficient (Wildman–Crippen LogP) is 1.30. The maximum absolute atomic E-state index is 12.2. The Labute approximate surface area is 122 Å². The van der Waals surface area contributed by atoms with E-state index >= 15 is 0 Å². The summed E-state index contributed by atoms with van der Waals surface area (Å²) in [4.78, 5) is 13.6. The highest BCUT2D eigenvalue weighted by Gasteiger charge is 2.25. The molecule has 21 heavy (non-hydrogen) atoms. The lowest BCUT2D eigenvalue weighted by molar-refractivity contribution is 0.0713. The number of nitrogens with zero attached hydrogens (tertiary/aromatic N) is 3. The van der Waals surface area contributed by atoms with E-state index in [0.717, 1.165) is 31.4 Å². The molecule has 1 aromatic heterocycles. The molecule has 1 amide bonds. The van der Waals surface area contributed by atoms with E-state index in [4.69, 9.17) is 0 Å². The van der Waals surface area contributed by atoms with Crippen LogP contribution in [0, 0.1) is 0 Å². The van der Waals surface area contributed by atoms with Gasteiger partial charge in [0, 0.05) is 0 Å². The van der Waals surface area contributed by atoms with E-state index in [1.807, 2.05) is 30.3 Å². The Hall–Kier alpha value is -2.21. The number of carbonyl (C=O) groups is 1. The Morgan fingerprint density at radius 2 is 2.00 bits per heavy atom. The minimum atomic E-state index is -0.466. The Morgan fingerprint density at radius 1 is 1.24 bits per heavy atom. The lowest BCUT2D eigenvalue weighted by Gasteiger charge is -2.27. The van der Waals surface area contributed by atoms with Crippen molar-refractivity contribution in [3.8, 4) is 5.69 Å². The van der Waals surface area contributed by atoms with E-state index in [-0.39, 0.29) is 17.6 Å². The largest absolute Gasteiger partial charge is 0.391 e. The summed E-state index contributed by atoms with van der Waals surface area (Å²) >= 11 is 0. The molecule has 1 heterocycles. The molecule has 0 spiro atoms. The van der Waals surface area contributed by atoms with Crippen molar-refractivity contribution in [2.24, 2.45) is 0 Å². The number of aromatic nitrogens is 3. The smallest absolute Gasteiger partial charge is 0.273 e. The van der Waals surface area contributed by atoms with Crippen LogP contribution in [0.15, 0.2) is 36.5 Å². The Balaban J connectivity index is 1.69. The lowest BCUT2D eigenvalue weighted by Crippen LogP contribution is -2.45. The summed E-state index contributed by atoms with van der Waals surface area (Å²) in [6.07, 6.45) is 4.56. The van der Waals surface area contributed by atoms with Crippen molar-refractivity contribution in [2.75, 3.05) is 0 Å². The van der Waals surface area contributed by atoms with E-state index in [2.05, 4.69) is 15.5 Å². The van der Waals surface area contributed by atoms with Crippen molar-refractivity contribution in [1.29, 1.82) is 0 Å². The van der Waals surface area contributed by atoms with Crippen molar-refractivity contribution in [3.05, 3.63) is 42.2 Å². The van der Waals surface area contributed by atoms with Crippen LogP contribution in [-0.4, -0.2) is 38.2 Å². The first-order chi connectivity index (χ1) is 10.2.